The molecule has 0 bridgehead atoms. The number of hydrogen-bond donors (Lipinski definition) is 2. The lowest BCUT2D eigenvalue weighted by Crippen LogP contribution is -2.05. The maximum absolute atomic E-state index is 5.73. The van der Waals surface area contributed by atoms with E-state index in [1.54, 1.807) is 13.3 Å². The van der Waals surface area contributed by atoms with Crippen LogP contribution >= 0.6 is 0 Å². The Morgan fingerprint density at radius 1 is 1.31 bits per heavy atom. The van der Waals surface area contributed by atoms with E-state index in [4.69, 9.17) is 5.73 Å². The van der Waals surface area contributed by atoms with Crippen LogP contribution < -0.4 is 5.73 Å². The molecule has 8 nitrogen and oxygen atoms in total. The Hall–Kier alpha value is -2.51. The molecule has 0 aliphatic rings. The second-order valence-corrected chi connectivity index (χ2v) is 3.23. The summed E-state index contributed by atoms with van der Waals surface area (Å²) < 4.78 is 1.46. The van der Waals surface area contributed by atoms with E-state index in [2.05, 4.69) is 30.0 Å². The standard InChI is InChI=1S/C8H8N8/c1-4-14-8(9)16(15-4)7-5-6(11-2-10-5)12-3-13-7/h2-3H,1H3,(H2,9,14,15)(H,10,11,12,13). The molecule has 0 amide bonds. The molecule has 0 radical (unpaired) electrons. The van der Waals surface area contributed by atoms with Crippen molar-refractivity contribution in [2.45, 2.75) is 6.92 Å². The lowest BCUT2D eigenvalue weighted by Gasteiger charge is -2.01. The Morgan fingerprint density at radius 3 is 2.94 bits per heavy atom. The first-order valence-electron chi connectivity index (χ1n) is 4.59. The highest BCUT2D eigenvalue weighted by atomic mass is 15.4. The lowest BCUT2D eigenvalue weighted by atomic mass is 10.5. The minimum absolute atomic E-state index is 0.284. The first kappa shape index (κ1) is 8.77. The minimum Gasteiger partial charge on any atom is -0.368 e. The average molecular weight is 216 g/mol. The van der Waals surface area contributed by atoms with Crippen molar-refractivity contribution in [2.24, 2.45) is 0 Å². The highest BCUT2D eigenvalue weighted by Crippen LogP contribution is 2.15. The Kier molecular flexibility index (Phi) is 1.64. The second kappa shape index (κ2) is 2.99. The van der Waals surface area contributed by atoms with E-state index in [0.717, 1.165) is 0 Å². The summed E-state index contributed by atoms with van der Waals surface area (Å²) in [5, 5.41) is 4.15. The van der Waals surface area contributed by atoms with Gasteiger partial charge in [-0.3, -0.25) is 0 Å². The van der Waals surface area contributed by atoms with Gasteiger partial charge in [0.2, 0.25) is 5.95 Å². The molecular formula is C8H8N8. The Balaban J connectivity index is 2.33. The molecule has 0 aromatic carbocycles. The van der Waals surface area contributed by atoms with Gasteiger partial charge < -0.3 is 10.7 Å². The monoisotopic (exact) mass is 216 g/mol. The summed E-state index contributed by atoms with van der Waals surface area (Å²) in [6.45, 7) is 1.76. The van der Waals surface area contributed by atoms with Gasteiger partial charge in [0.05, 0.1) is 6.33 Å². The number of nitrogens with one attached hydrogen (secondary N) is 1. The summed E-state index contributed by atoms with van der Waals surface area (Å²) in [5.41, 5.74) is 6.97. The van der Waals surface area contributed by atoms with Crippen molar-refractivity contribution in [3.63, 3.8) is 0 Å². The molecule has 0 unspecified atom stereocenters. The number of H-pyrrole nitrogens is 1. The summed E-state index contributed by atoms with van der Waals surface area (Å²) in [5.74, 6) is 1.41. The number of anilines is 1. The molecule has 0 spiro atoms. The summed E-state index contributed by atoms with van der Waals surface area (Å²) in [6.07, 6.45) is 2.96. The summed E-state index contributed by atoms with van der Waals surface area (Å²) in [7, 11) is 0. The van der Waals surface area contributed by atoms with E-state index in [9.17, 15) is 0 Å². The molecule has 16 heavy (non-hydrogen) atoms. The number of aromatic nitrogens is 7. The fourth-order valence-corrected chi connectivity index (χ4v) is 1.50. The number of nitrogens with zero attached hydrogens (tertiary/aromatic N) is 6. The number of imidazole rings is 1. The van der Waals surface area contributed by atoms with Crippen molar-refractivity contribution in [2.75, 3.05) is 5.73 Å². The molecule has 3 heterocycles. The van der Waals surface area contributed by atoms with E-state index in [1.165, 1.54) is 11.0 Å². The van der Waals surface area contributed by atoms with E-state index >= 15 is 0 Å². The third-order valence-electron chi connectivity index (χ3n) is 2.14. The van der Waals surface area contributed by atoms with E-state index in [-0.39, 0.29) is 5.95 Å². The molecule has 0 atom stereocenters. The first-order valence-corrected chi connectivity index (χ1v) is 4.59. The molecule has 3 rings (SSSR count). The van der Waals surface area contributed by atoms with Crippen LogP contribution in [0.4, 0.5) is 5.95 Å². The van der Waals surface area contributed by atoms with Gasteiger partial charge in [0.15, 0.2) is 11.5 Å². The molecule has 0 aliphatic heterocycles. The van der Waals surface area contributed by atoms with Crippen molar-refractivity contribution in [1.82, 2.24) is 34.7 Å². The van der Waals surface area contributed by atoms with Crippen LogP contribution in [0.25, 0.3) is 17.0 Å². The van der Waals surface area contributed by atoms with Gasteiger partial charge in [-0.25, -0.2) is 15.0 Å². The number of nitrogen functional groups attached to an aromatic ring is 1. The summed E-state index contributed by atoms with van der Waals surface area (Å²) in [4.78, 5) is 19.1. The number of hydrogen-bond acceptors (Lipinski definition) is 6. The third-order valence-corrected chi connectivity index (χ3v) is 2.14. The predicted octanol–water partition coefficient (Wildman–Crippen LogP) is -0.176. The van der Waals surface area contributed by atoms with Crippen molar-refractivity contribution >= 4 is 17.1 Å². The number of aryl methyl sites for hydroxylation is 1. The zero-order valence-corrected chi connectivity index (χ0v) is 8.42. The number of fused-ring (bicyclic) bond motifs is 1. The maximum atomic E-state index is 5.73. The molecule has 0 saturated heterocycles. The molecule has 0 aliphatic carbocycles. The number of aromatic amines is 1. The van der Waals surface area contributed by atoms with E-state index in [1.807, 2.05) is 0 Å². The highest BCUT2D eigenvalue weighted by molar-refractivity contribution is 5.77. The van der Waals surface area contributed by atoms with E-state index < -0.39 is 0 Å². The van der Waals surface area contributed by atoms with Crippen molar-refractivity contribution < 1.29 is 0 Å². The Bertz CT molecular complexity index is 651. The third kappa shape index (κ3) is 1.13. The molecular weight excluding hydrogens is 208 g/mol. The topological polar surface area (TPSA) is 111 Å². The maximum Gasteiger partial charge on any atom is 0.225 e. The van der Waals surface area contributed by atoms with Crippen molar-refractivity contribution in [1.29, 1.82) is 0 Å². The SMILES string of the molecule is Cc1nc(N)n(-c2ncnc3nc[nH]c23)n1. The van der Waals surface area contributed by atoms with Crippen molar-refractivity contribution in [3.8, 4) is 5.82 Å². The van der Waals surface area contributed by atoms with Crippen LogP contribution in [-0.4, -0.2) is 34.7 Å². The van der Waals surface area contributed by atoms with Gasteiger partial charge in [0, 0.05) is 0 Å². The summed E-state index contributed by atoms with van der Waals surface area (Å²) in [6, 6.07) is 0. The smallest absolute Gasteiger partial charge is 0.225 e. The van der Waals surface area contributed by atoms with Crippen LogP contribution in [-0.2, 0) is 0 Å². The quantitative estimate of drug-likeness (QED) is 0.583. The van der Waals surface area contributed by atoms with Crippen molar-refractivity contribution in [3.05, 3.63) is 18.5 Å². The van der Waals surface area contributed by atoms with Gasteiger partial charge in [-0.15, -0.1) is 5.10 Å². The summed E-state index contributed by atoms with van der Waals surface area (Å²) >= 11 is 0. The predicted molar refractivity (Wildman–Crippen MR) is 55.8 cm³/mol. The lowest BCUT2D eigenvalue weighted by molar-refractivity contribution is 0.843. The highest BCUT2D eigenvalue weighted by Gasteiger charge is 2.12. The van der Waals surface area contributed by atoms with E-state index in [0.29, 0.717) is 22.8 Å². The number of nitrogens with two attached hydrogens (primary N) is 1. The average Bonchev–Trinajstić information content (AvgIpc) is 2.84. The van der Waals surface area contributed by atoms with Gasteiger partial charge >= 0.3 is 0 Å². The van der Waals surface area contributed by atoms with Crippen LogP contribution in [0.15, 0.2) is 12.7 Å². The minimum atomic E-state index is 0.284. The molecule has 3 aromatic rings. The van der Waals surface area contributed by atoms with Crippen LogP contribution in [0.5, 0.6) is 0 Å². The second-order valence-electron chi connectivity index (χ2n) is 3.23. The largest absolute Gasteiger partial charge is 0.368 e. The fourth-order valence-electron chi connectivity index (χ4n) is 1.50. The molecule has 8 heteroatoms. The zero-order valence-electron chi connectivity index (χ0n) is 8.42. The van der Waals surface area contributed by atoms with Crippen LogP contribution in [0.3, 0.4) is 0 Å². The normalized spacial score (nSPS) is 11.1. The van der Waals surface area contributed by atoms with Gasteiger partial charge in [-0.05, 0) is 6.92 Å². The van der Waals surface area contributed by atoms with Gasteiger partial charge in [-0.1, -0.05) is 0 Å². The fraction of sp³-hybridized carbons (Fsp3) is 0.125. The van der Waals surface area contributed by atoms with Gasteiger partial charge in [0.25, 0.3) is 0 Å². The Morgan fingerprint density at radius 2 is 2.19 bits per heavy atom. The first-order chi connectivity index (χ1) is 7.75. The molecule has 3 aromatic heterocycles. The number of rotatable bonds is 1. The van der Waals surface area contributed by atoms with Gasteiger partial charge in [0.1, 0.15) is 17.7 Å². The zero-order chi connectivity index (χ0) is 11.1. The molecule has 80 valence electrons. The molecule has 0 saturated carbocycles. The molecule has 3 N–H and O–H groups in total. The van der Waals surface area contributed by atoms with Crippen LogP contribution in [0.2, 0.25) is 0 Å². The molecule has 0 fully saturated rings. The van der Waals surface area contributed by atoms with Gasteiger partial charge in [-0.2, -0.15) is 9.67 Å². The Labute approximate surface area is 89.6 Å². The van der Waals surface area contributed by atoms with Crippen LogP contribution in [0.1, 0.15) is 5.82 Å². The van der Waals surface area contributed by atoms with Crippen LogP contribution in [0, 0.1) is 6.92 Å².